The van der Waals surface area contributed by atoms with Crippen LogP contribution in [0.15, 0.2) is 0 Å². The molecular weight excluding hydrogens is 162 g/mol. The molecular formula is C7H15NS2. The van der Waals surface area contributed by atoms with E-state index in [0.29, 0.717) is 5.92 Å². The zero-order chi connectivity index (χ0) is 7.98. The summed E-state index contributed by atoms with van der Waals surface area (Å²) < 4.78 is 0. The van der Waals surface area contributed by atoms with Crippen molar-refractivity contribution in [3.05, 3.63) is 0 Å². The van der Waals surface area contributed by atoms with Gasteiger partial charge in [0.05, 0.1) is 0 Å². The average Bonchev–Trinajstić information content (AvgIpc) is 1.90. The van der Waals surface area contributed by atoms with Crippen molar-refractivity contribution in [1.29, 1.82) is 0 Å². The molecule has 0 radical (unpaired) electrons. The molecule has 0 bridgehead atoms. The van der Waals surface area contributed by atoms with Crippen molar-refractivity contribution in [2.24, 2.45) is 11.7 Å². The van der Waals surface area contributed by atoms with Gasteiger partial charge in [0.2, 0.25) is 0 Å². The first kappa shape index (κ1) is 10.4. The van der Waals surface area contributed by atoms with Gasteiger partial charge in [-0.05, 0) is 36.8 Å². The van der Waals surface area contributed by atoms with Gasteiger partial charge in [0.25, 0.3) is 0 Å². The van der Waals surface area contributed by atoms with E-state index < -0.39 is 0 Å². The Bertz CT molecular complexity index is 93.6. The molecule has 0 spiro atoms. The van der Waals surface area contributed by atoms with E-state index in [9.17, 15) is 0 Å². The van der Waals surface area contributed by atoms with Crippen molar-refractivity contribution in [3.8, 4) is 0 Å². The van der Waals surface area contributed by atoms with Crippen LogP contribution in [0.25, 0.3) is 0 Å². The van der Waals surface area contributed by atoms with Crippen molar-refractivity contribution in [3.63, 3.8) is 0 Å². The highest BCUT2D eigenvalue weighted by Crippen LogP contribution is 2.07. The highest BCUT2D eigenvalue weighted by Gasteiger charge is 2.03. The third-order valence-corrected chi connectivity index (χ3v) is 2.27. The maximum absolute atomic E-state index is 5.58. The van der Waals surface area contributed by atoms with E-state index in [1.165, 1.54) is 0 Å². The molecule has 0 amide bonds. The quantitative estimate of drug-likeness (QED) is 0.493. The Balaban J connectivity index is 3.34. The van der Waals surface area contributed by atoms with Crippen LogP contribution in [-0.4, -0.2) is 17.2 Å². The van der Waals surface area contributed by atoms with Gasteiger partial charge in [-0.3, -0.25) is 0 Å². The van der Waals surface area contributed by atoms with Gasteiger partial charge < -0.3 is 5.73 Å². The van der Waals surface area contributed by atoms with E-state index in [1.807, 2.05) is 6.92 Å². The maximum atomic E-state index is 5.58. The predicted molar refractivity (Wildman–Crippen MR) is 53.9 cm³/mol. The number of hydrogen-bond acceptors (Lipinski definition) is 3. The standard InChI is InChI=1S/C7H15NS2/c1-6(8)2-3-7(4-9)5-10/h4,6-7,10H,2-3,5,8H2,1H3. The molecule has 10 heavy (non-hydrogen) atoms. The zero-order valence-corrected chi connectivity index (χ0v) is 8.00. The van der Waals surface area contributed by atoms with Crippen LogP contribution in [0.2, 0.25) is 0 Å². The molecule has 0 aliphatic rings. The SMILES string of the molecule is CC(N)CCC(C=S)CS. The van der Waals surface area contributed by atoms with Crippen molar-refractivity contribution < 1.29 is 0 Å². The second-order valence-corrected chi connectivity index (χ2v) is 3.27. The van der Waals surface area contributed by atoms with E-state index in [1.54, 1.807) is 5.37 Å². The number of rotatable bonds is 5. The topological polar surface area (TPSA) is 26.0 Å². The molecule has 3 heteroatoms. The van der Waals surface area contributed by atoms with E-state index in [2.05, 4.69) is 12.6 Å². The summed E-state index contributed by atoms with van der Waals surface area (Å²) in [5.41, 5.74) is 5.58. The zero-order valence-electron chi connectivity index (χ0n) is 6.29. The molecule has 60 valence electrons. The molecule has 0 rings (SSSR count). The van der Waals surface area contributed by atoms with Gasteiger partial charge >= 0.3 is 0 Å². The summed E-state index contributed by atoms with van der Waals surface area (Å²) >= 11 is 8.97. The smallest absolute Gasteiger partial charge is 0.00107 e. The van der Waals surface area contributed by atoms with Gasteiger partial charge in [-0.2, -0.15) is 12.6 Å². The Hall–Kier alpha value is 0.400. The summed E-state index contributed by atoms with van der Waals surface area (Å²) in [7, 11) is 0. The monoisotopic (exact) mass is 177 g/mol. The summed E-state index contributed by atoms with van der Waals surface area (Å²) in [5.74, 6) is 1.31. The number of nitrogens with two attached hydrogens (primary N) is 1. The van der Waals surface area contributed by atoms with E-state index in [0.717, 1.165) is 18.6 Å². The first-order valence-corrected chi connectivity index (χ1v) is 4.62. The van der Waals surface area contributed by atoms with Crippen LogP contribution >= 0.6 is 24.8 Å². The lowest BCUT2D eigenvalue weighted by atomic mass is 10.0. The third-order valence-electron chi connectivity index (χ3n) is 1.42. The minimum atomic E-state index is 0.289. The lowest BCUT2D eigenvalue weighted by molar-refractivity contribution is 0.580. The van der Waals surface area contributed by atoms with Crippen molar-refractivity contribution in [2.75, 3.05) is 5.75 Å². The molecule has 2 atom stereocenters. The third kappa shape index (κ3) is 5.21. The Labute approximate surface area is 73.8 Å². The minimum absolute atomic E-state index is 0.289. The number of thiol groups is 1. The molecule has 0 heterocycles. The molecule has 0 aromatic heterocycles. The predicted octanol–water partition coefficient (Wildman–Crippen LogP) is 1.66. The van der Waals surface area contributed by atoms with E-state index in [4.69, 9.17) is 18.0 Å². The second-order valence-electron chi connectivity index (χ2n) is 2.63. The van der Waals surface area contributed by atoms with Crippen LogP contribution in [-0.2, 0) is 0 Å². The summed E-state index contributed by atoms with van der Waals surface area (Å²) in [5, 5.41) is 1.79. The molecule has 0 aliphatic heterocycles. The summed E-state index contributed by atoms with van der Waals surface area (Å²) in [6.45, 7) is 2.01. The van der Waals surface area contributed by atoms with Crippen LogP contribution in [0, 0.1) is 5.92 Å². The lowest BCUT2D eigenvalue weighted by Crippen LogP contribution is -2.17. The Kier molecular flexibility index (Phi) is 6.38. The van der Waals surface area contributed by atoms with Crippen molar-refractivity contribution in [2.45, 2.75) is 25.8 Å². The highest BCUT2D eigenvalue weighted by molar-refractivity contribution is 7.80. The van der Waals surface area contributed by atoms with Crippen LogP contribution < -0.4 is 5.73 Å². The van der Waals surface area contributed by atoms with Gasteiger partial charge in [-0.1, -0.05) is 12.2 Å². The average molecular weight is 177 g/mol. The number of thiocarbonyl (C=S) groups is 1. The van der Waals surface area contributed by atoms with Gasteiger partial charge in [0.1, 0.15) is 0 Å². The largest absolute Gasteiger partial charge is 0.328 e. The fraction of sp³-hybridized carbons (Fsp3) is 0.857. The van der Waals surface area contributed by atoms with Crippen LogP contribution in [0.3, 0.4) is 0 Å². The fourth-order valence-corrected chi connectivity index (χ4v) is 1.34. The molecule has 0 aromatic carbocycles. The van der Waals surface area contributed by atoms with E-state index in [-0.39, 0.29) is 6.04 Å². The molecule has 2 N–H and O–H groups in total. The Morgan fingerprint density at radius 1 is 1.60 bits per heavy atom. The molecule has 1 nitrogen and oxygen atoms in total. The highest BCUT2D eigenvalue weighted by atomic mass is 32.1. The maximum Gasteiger partial charge on any atom is 0.00107 e. The molecule has 0 saturated heterocycles. The summed E-state index contributed by atoms with van der Waals surface area (Å²) in [6.07, 6.45) is 2.11. The van der Waals surface area contributed by atoms with E-state index >= 15 is 0 Å². The first-order valence-electron chi connectivity index (χ1n) is 3.52. The summed E-state index contributed by atoms with van der Waals surface area (Å²) in [4.78, 5) is 0. The molecule has 0 aliphatic carbocycles. The fourth-order valence-electron chi connectivity index (χ4n) is 0.679. The van der Waals surface area contributed by atoms with Crippen LogP contribution in [0.4, 0.5) is 0 Å². The van der Waals surface area contributed by atoms with Gasteiger partial charge in [0, 0.05) is 6.04 Å². The van der Waals surface area contributed by atoms with Gasteiger partial charge in [0.15, 0.2) is 0 Å². The second kappa shape index (κ2) is 6.13. The molecule has 0 fully saturated rings. The Morgan fingerprint density at radius 3 is 2.50 bits per heavy atom. The molecule has 0 aromatic rings. The number of hydrogen-bond donors (Lipinski definition) is 2. The minimum Gasteiger partial charge on any atom is -0.328 e. The van der Waals surface area contributed by atoms with Crippen LogP contribution in [0.1, 0.15) is 19.8 Å². The van der Waals surface area contributed by atoms with Gasteiger partial charge in [-0.15, -0.1) is 0 Å². The molecule has 0 saturated carbocycles. The van der Waals surface area contributed by atoms with Crippen LogP contribution in [0.5, 0.6) is 0 Å². The van der Waals surface area contributed by atoms with Crippen molar-refractivity contribution >= 4 is 30.2 Å². The van der Waals surface area contributed by atoms with Gasteiger partial charge in [-0.25, -0.2) is 0 Å². The lowest BCUT2D eigenvalue weighted by Gasteiger charge is -2.09. The molecule has 2 unspecified atom stereocenters. The Morgan fingerprint density at radius 2 is 2.20 bits per heavy atom. The van der Waals surface area contributed by atoms with Crippen molar-refractivity contribution in [1.82, 2.24) is 0 Å². The normalized spacial score (nSPS) is 16.3. The first-order chi connectivity index (χ1) is 4.70. The summed E-state index contributed by atoms with van der Waals surface area (Å²) in [6, 6.07) is 0.289.